The molecule has 0 atom stereocenters. The summed E-state index contributed by atoms with van der Waals surface area (Å²) >= 11 is 0. The molecule has 0 saturated carbocycles. The molecule has 2 aromatic heterocycles. The molecule has 2 heterocycles. The molecular weight excluding hydrogens is 370 g/mol. The van der Waals surface area contributed by atoms with Crippen LogP contribution in [-0.2, 0) is 0 Å². The predicted octanol–water partition coefficient (Wildman–Crippen LogP) is 3.66. The normalized spacial score (nSPS) is 10.5. The lowest BCUT2D eigenvalue weighted by molar-refractivity contribution is 0.0694. The predicted molar refractivity (Wildman–Crippen MR) is 113 cm³/mol. The Labute approximate surface area is 170 Å². The van der Waals surface area contributed by atoms with Crippen LogP contribution in [0.25, 0.3) is 0 Å². The summed E-state index contributed by atoms with van der Waals surface area (Å²) in [4.78, 5) is 34.4. The van der Waals surface area contributed by atoms with Crippen LogP contribution in [0, 0.1) is 39.0 Å². The highest BCUT2D eigenvalue weighted by atomic mass is 16.4. The Balaban J connectivity index is 0.000000291. The fraction of sp³-hybridized carbons (Fsp3) is 0.455. The molecular formula is C22H29N3O4. The highest BCUT2D eigenvalue weighted by molar-refractivity contribution is 5.87. The molecule has 0 bridgehead atoms. The summed E-state index contributed by atoms with van der Waals surface area (Å²) in [5.74, 6) is -1.17. The Morgan fingerprint density at radius 3 is 1.69 bits per heavy atom. The third-order valence-electron chi connectivity index (χ3n) is 4.87. The molecule has 2 aromatic rings. The van der Waals surface area contributed by atoms with Crippen LogP contribution in [0.3, 0.4) is 0 Å². The SMILES string of the molecule is Cc1cc(C#N)c(=O)n(C(C)C)c1C.Cc1cc(C(=O)O)c(=O)n(C(C)C)c1C. The summed E-state index contributed by atoms with van der Waals surface area (Å²) in [6, 6.07) is 5.06. The van der Waals surface area contributed by atoms with Crippen molar-refractivity contribution in [1.29, 1.82) is 5.26 Å². The topological polar surface area (TPSA) is 105 Å². The number of aromatic nitrogens is 2. The molecule has 0 saturated heterocycles. The van der Waals surface area contributed by atoms with E-state index in [1.165, 1.54) is 10.6 Å². The van der Waals surface area contributed by atoms with Gasteiger partial charge in [0.2, 0.25) is 0 Å². The van der Waals surface area contributed by atoms with Crippen LogP contribution >= 0.6 is 0 Å². The molecule has 0 fully saturated rings. The monoisotopic (exact) mass is 399 g/mol. The molecule has 0 radical (unpaired) electrons. The summed E-state index contributed by atoms with van der Waals surface area (Å²) in [6.45, 7) is 15.0. The van der Waals surface area contributed by atoms with E-state index in [0.29, 0.717) is 0 Å². The number of carboxylic acids is 1. The van der Waals surface area contributed by atoms with Crippen LogP contribution in [0.1, 0.15) is 78.2 Å². The highest BCUT2D eigenvalue weighted by Gasteiger charge is 2.16. The Hall–Kier alpha value is -3.14. The minimum atomic E-state index is -1.17. The van der Waals surface area contributed by atoms with Crippen molar-refractivity contribution >= 4 is 5.97 Å². The number of aryl methyl sites for hydroxylation is 2. The molecule has 0 aliphatic heterocycles. The molecule has 0 amide bonds. The average Bonchev–Trinajstić information content (AvgIpc) is 2.61. The second kappa shape index (κ2) is 9.37. The third kappa shape index (κ3) is 5.02. The standard InChI is InChI=1S/C11H14N2O.C11H15NO3/c1-7(2)13-9(4)8(3)5-10(6-12)11(13)14;1-6(2)12-8(4)7(3)5-9(10(12)13)11(14)15/h5,7H,1-4H3;5-6H,1-4H3,(H,14,15). The number of rotatable bonds is 3. The van der Waals surface area contributed by atoms with E-state index >= 15 is 0 Å². The van der Waals surface area contributed by atoms with Gasteiger partial charge in [0.05, 0.1) is 0 Å². The number of pyridine rings is 2. The van der Waals surface area contributed by atoms with Gasteiger partial charge in [0.25, 0.3) is 11.1 Å². The second-order valence-corrected chi connectivity index (χ2v) is 7.61. The highest BCUT2D eigenvalue weighted by Crippen LogP contribution is 2.12. The first-order chi connectivity index (χ1) is 13.3. The van der Waals surface area contributed by atoms with E-state index in [4.69, 9.17) is 10.4 Å². The van der Waals surface area contributed by atoms with Gasteiger partial charge in [-0.25, -0.2) is 4.79 Å². The lowest BCUT2D eigenvalue weighted by atomic mass is 10.1. The third-order valence-corrected chi connectivity index (χ3v) is 4.87. The van der Waals surface area contributed by atoms with Gasteiger partial charge in [0.1, 0.15) is 17.2 Å². The molecule has 0 spiro atoms. The quantitative estimate of drug-likeness (QED) is 0.848. The maximum atomic E-state index is 11.8. The Bertz CT molecular complexity index is 1080. The van der Waals surface area contributed by atoms with Gasteiger partial charge in [-0.2, -0.15) is 5.26 Å². The molecule has 7 nitrogen and oxygen atoms in total. The molecule has 0 unspecified atom stereocenters. The van der Waals surface area contributed by atoms with Crippen LogP contribution in [0.5, 0.6) is 0 Å². The number of nitriles is 1. The maximum absolute atomic E-state index is 11.8. The van der Waals surface area contributed by atoms with Gasteiger partial charge in [0.15, 0.2) is 0 Å². The number of carbonyl (C=O) groups is 1. The van der Waals surface area contributed by atoms with E-state index in [1.807, 2.05) is 54.5 Å². The lowest BCUT2D eigenvalue weighted by Gasteiger charge is -2.16. The zero-order valence-corrected chi connectivity index (χ0v) is 18.3. The van der Waals surface area contributed by atoms with E-state index in [9.17, 15) is 14.4 Å². The van der Waals surface area contributed by atoms with Crippen molar-refractivity contribution in [3.8, 4) is 6.07 Å². The van der Waals surface area contributed by atoms with Gasteiger partial charge in [-0.05, 0) is 78.6 Å². The zero-order valence-electron chi connectivity index (χ0n) is 18.3. The molecule has 2 rings (SSSR count). The van der Waals surface area contributed by atoms with E-state index in [-0.39, 0.29) is 28.8 Å². The number of carboxylic acid groups (broad SMARTS) is 1. The van der Waals surface area contributed by atoms with Crippen LogP contribution in [0.2, 0.25) is 0 Å². The van der Waals surface area contributed by atoms with Gasteiger partial charge in [-0.15, -0.1) is 0 Å². The summed E-state index contributed by atoms with van der Waals surface area (Å²) < 4.78 is 3.17. The number of hydrogen-bond acceptors (Lipinski definition) is 4. The molecule has 0 aliphatic rings. The van der Waals surface area contributed by atoms with Gasteiger partial charge in [-0.3, -0.25) is 9.59 Å². The van der Waals surface area contributed by atoms with E-state index in [2.05, 4.69) is 0 Å². The summed E-state index contributed by atoms with van der Waals surface area (Å²) in [5, 5.41) is 17.7. The van der Waals surface area contributed by atoms with Crippen molar-refractivity contribution in [2.75, 3.05) is 0 Å². The molecule has 0 aliphatic carbocycles. The molecule has 29 heavy (non-hydrogen) atoms. The first-order valence-electron chi connectivity index (χ1n) is 9.43. The van der Waals surface area contributed by atoms with Crippen molar-refractivity contribution in [1.82, 2.24) is 9.13 Å². The summed E-state index contributed by atoms with van der Waals surface area (Å²) in [7, 11) is 0. The minimum absolute atomic E-state index is 0.0319. The number of aromatic carboxylic acids is 1. The Morgan fingerprint density at radius 1 is 0.897 bits per heavy atom. The molecule has 0 aromatic carbocycles. The van der Waals surface area contributed by atoms with Crippen LogP contribution in [-0.4, -0.2) is 20.2 Å². The molecule has 7 heteroatoms. The smallest absolute Gasteiger partial charge is 0.341 e. The van der Waals surface area contributed by atoms with Crippen LogP contribution < -0.4 is 11.1 Å². The van der Waals surface area contributed by atoms with E-state index in [1.54, 1.807) is 17.6 Å². The molecule has 156 valence electrons. The first kappa shape index (κ1) is 23.9. The Morgan fingerprint density at radius 2 is 1.31 bits per heavy atom. The first-order valence-corrected chi connectivity index (χ1v) is 9.43. The van der Waals surface area contributed by atoms with Crippen molar-refractivity contribution in [2.45, 2.75) is 67.5 Å². The van der Waals surface area contributed by atoms with Crippen molar-refractivity contribution in [3.05, 3.63) is 66.5 Å². The largest absolute Gasteiger partial charge is 0.477 e. The summed E-state index contributed by atoms with van der Waals surface area (Å²) in [6.07, 6.45) is 0. The Kier molecular flexibility index (Phi) is 7.72. The van der Waals surface area contributed by atoms with Crippen molar-refractivity contribution in [2.24, 2.45) is 0 Å². The molecule has 1 N–H and O–H groups in total. The van der Waals surface area contributed by atoms with Crippen molar-refractivity contribution < 1.29 is 9.90 Å². The fourth-order valence-electron chi connectivity index (χ4n) is 3.19. The maximum Gasteiger partial charge on any atom is 0.341 e. The van der Waals surface area contributed by atoms with Crippen LogP contribution in [0.15, 0.2) is 21.7 Å². The van der Waals surface area contributed by atoms with Gasteiger partial charge >= 0.3 is 5.97 Å². The minimum Gasteiger partial charge on any atom is -0.477 e. The average molecular weight is 399 g/mol. The lowest BCUT2D eigenvalue weighted by Crippen LogP contribution is -2.30. The second-order valence-electron chi connectivity index (χ2n) is 7.61. The van der Waals surface area contributed by atoms with Crippen molar-refractivity contribution in [3.63, 3.8) is 0 Å². The van der Waals surface area contributed by atoms with Gasteiger partial charge in [-0.1, -0.05) is 0 Å². The van der Waals surface area contributed by atoms with Gasteiger partial charge in [0, 0.05) is 23.5 Å². The number of nitrogens with zero attached hydrogens (tertiary/aromatic N) is 3. The zero-order chi connectivity index (χ0) is 22.6. The fourth-order valence-corrected chi connectivity index (χ4v) is 3.19. The number of hydrogen-bond donors (Lipinski definition) is 1. The van der Waals surface area contributed by atoms with E-state index < -0.39 is 11.5 Å². The van der Waals surface area contributed by atoms with E-state index in [0.717, 1.165) is 22.5 Å². The summed E-state index contributed by atoms with van der Waals surface area (Å²) in [5.41, 5.74) is 3.00. The van der Waals surface area contributed by atoms with Gasteiger partial charge < -0.3 is 14.2 Å². The van der Waals surface area contributed by atoms with Crippen LogP contribution in [0.4, 0.5) is 0 Å².